The molecule has 0 saturated carbocycles. The molecule has 3 rings (SSSR count). The third-order valence-electron chi connectivity index (χ3n) is 4.37. The molecule has 8 heteroatoms. The Morgan fingerprint density at radius 3 is 2.63 bits per heavy atom. The summed E-state index contributed by atoms with van der Waals surface area (Å²) in [5.74, 6) is 0.217. The Morgan fingerprint density at radius 1 is 1.22 bits per heavy atom. The predicted octanol–water partition coefficient (Wildman–Crippen LogP) is 3.64. The molecule has 2 aromatic carbocycles. The van der Waals surface area contributed by atoms with Crippen molar-refractivity contribution in [3.63, 3.8) is 0 Å². The lowest BCUT2D eigenvalue weighted by atomic mass is 10.2. The molecule has 6 nitrogen and oxygen atoms in total. The van der Waals surface area contributed by atoms with Crippen LogP contribution in [0.5, 0.6) is 5.75 Å². The Hall–Kier alpha value is -1.90. The van der Waals surface area contributed by atoms with Crippen molar-refractivity contribution in [3.8, 4) is 5.75 Å². The van der Waals surface area contributed by atoms with E-state index in [2.05, 4.69) is 21.2 Å². The fourth-order valence-electron chi connectivity index (χ4n) is 3.10. The second-order valence-corrected chi connectivity index (χ2v) is 8.95. The van der Waals surface area contributed by atoms with Gasteiger partial charge in [0.25, 0.3) is 0 Å². The number of para-hydroxylation sites is 2. The van der Waals surface area contributed by atoms with E-state index in [9.17, 15) is 13.2 Å². The second kappa shape index (κ2) is 8.41. The van der Waals surface area contributed by atoms with Gasteiger partial charge in [-0.3, -0.25) is 4.79 Å². The van der Waals surface area contributed by atoms with E-state index in [0.29, 0.717) is 37.4 Å². The first-order valence-corrected chi connectivity index (χ1v) is 11.0. The lowest BCUT2D eigenvalue weighted by Gasteiger charge is -2.24. The average Bonchev–Trinajstić information content (AvgIpc) is 3.15. The molecule has 0 unspecified atom stereocenters. The van der Waals surface area contributed by atoms with Crippen LogP contribution in [0.1, 0.15) is 19.8 Å². The van der Waals surface area contributed by atoms with Crippen molar-refractivity contribution < 1.29 is 17.9 Å². The highest BCUT2D eigenvalue weighted by molar-refractivity contribution is 9.10. The van der Waals surface area contributed by atoms with E-state index in [0.717, 1.165) is 4.47 Å². The first-order chi connectivity index (χ1) is 12.9. The van der Waals surface area contributed by atoms with Gasteiger partial charge in [-0.15, -0.1) is 0 Å². The van der Waals surface area contributed by atoms with Crippen molar-refractivity contribution in [1.82, 2.24) is 4.31 Å². The zero-order valence-electron chi connectivity index (χ0n) is 14.9. The summed E-state index contributed by atoms with van der Waals surface area (Å²) in [5.41, 5.74) is 0.539. The summed E-state index contributed by atoms with van der Waals surface area (Å²) in [6.45, 7) is 2.66. The summed E-state index contributed by atoms with van der Waals surface area (Å²) in [6.07, 6.45) is 1.12. The maximum absolute atomic E-state index is 13.0. The lowest BCUT2D eigenvalue weighted by Crippen LogP contribution is -2.43. The molecule has 1 saturated heterocycles. The summed E-state index contributed by atoms with van der Waals surface area (Å²) in [4.78, 5) is 13.0. The second-order valence-electron chi connectivity index (χ2n) is 6.15. The first-order valence-electron chi connectivity index (χ1n) is 8.73. The molecule has 1 aliphatic rings. The number of halogens is 1. The third kappa shape index (κ3) is 4.34. The number of rotatable bonds is 6. The summed E-state index contributed by atoms with van der Waals surface area (Å²) in [7, 11) is -3.74. The molecule has 1 heterocycles. The maximum atomic E-state index is 13.0. The largest absolute Gasteiger partial charge is 0.492 e. The van der Waals surface area contributed by atoms with Crippen molar-refractivity contribution in [2.24, 2.45) is 0 Å². The zero-order chi connectivity index (χ0) is 19.4. The van der Waals surface area contributed by atoms with Gasteiger partial charge in [-0.2, -0.15) is 4.31 Å². The highest BCUT2D eigenvalue weighted by atomic mass is 79.9. The number of carbonyl (C=O) groups is 1. The fourth-order valence-corrected chi connectivity index (χ4v) is 5.02. The molecule has 1 fully saturated rings. The monoisotopic (exact) mass is 452 g/mol. The summed E-state index contributed by atoms with van der Waals surface area (Å²) in [6, 6.07) is 12.8. The minimum atomic E-state index is -3.74. The van der Waals surface area contributed by atoms with E-state index >= 15 is 0 Å². The van der Waals surface area contributed by atoms with Gasteiger partial charge in [-0.1, -0.05) is 28.1 Å². The summed E-state index contributed by atoms with van der Waals surface area (Å²) in [5, 5.41) is 2.82. The number of sulfonamides is 1. The maximum Gasteiger partial charge on any atom is 0.243 e. The van der Waals surface area contributed by atoms with Crippen LogP contribution in [-0.2, 0) is 14.8 Å². The Bertz CT molecular complexity index is 916. The van der Waals surface area contributed by atoms with Gasteiger partial charge < -0.3 is 10.1 Å². The topological polar surface area (TPSA) is 75.7 Å². The van der Waals surface area contributed by atoms with E-state index in [4.69, 9.17) is 4.74 Å². The molecule has 0 bridgehead atoms. The Labute approximate surface area is 167 Å². The van der Waals surface area contributed by atoms with Crippen molar-refractivity contribution in [1.29, 1.82) is 0 Å². The van der Waals surface area contributed by atoms with Crippen LogP contribution in [0.4, 0.5) is 5.69 Å². The summed E-state index contributed by atoms with van der Waals surface area (Å²) >= 11 is 3.30. The van der Waals surface area contributed by atoms with E-state index < -0.39 is 16.1 Å². The van der Waals surface area contributed by atoms with Crippen LogP contribution >= 0.6 is 15.9 Å². The van der Waals surface area contributed by atoms with Gasteiger partial charge in [0.2, 0.25) is 15.9 Å². The van der Waals surface area contributed by atoms with E-state index in [1.54, 1.807) is 30.3 Å². The number of hydrogen-bond acceptors (Lipinski definition) is 4. The van der Waals surface area contributed by atoms with Gasteiger partial charge in [0.1, 0.15) is 11.8 Å². The minimum absolute atomic E-state index is 0.181. The quantitative estimate of drug-likeness (QED) is 0.725. The number of amides is 1. The molecule has 1 aliphatic heterocycles. The van der Waals surface area contributed by atoms with E-state index in [1.165, 1.54) is 16.4 Å². The fraction of sp³-hybridized carbons (Fsp3) is 0.316. The van der Waals surface area contributed by atoms with Crippen LogP contribution in [0, 0.1) is 0 Å². The number of hydrogen-bond donors (Lipinski definition) is 1. The molecule has 2 aromatic rings. The molecule has 27 heavy (non-hydrogen) atoms. The lowest BCUT2D eigenvalue weighted by molar-refractivity contribution is -0.119. The molecule has 0 spiro atoms. The first kappa shape index (κ1) is 19.9. The smallest absolute Gasteiger partial charge is 0.243 e. The Kier molecular flexibility index (Phi) is 6.18. The molecule has 0 radical (unpaired) electrons. The van der Waals surface area contributed by atoms with Crippen LogP contribution in [-0.4, -0.2) is 37.8 Å². The van der Waals surface area contributed by atoms with Crippen LogP contribution in [0.25, 0.3) is 0 Å². The Morgan fingerprint density at radius 2 is 1.93 bits per heavy atom. The normalized spacial score (nSPS) is 17.6. The number of nitrogens with zero attached hydrogens (tertiary/aromatic N) is 1. The molecular formula is C19H21BrN2O4S. The number of carbonyl (C=O) groups excluding carboxylic acids is 1. The van der Waals surface area contributed by atoms with Crippen LogP contribution in [0.2, 0.25) is 0 Å². The number of anilines is 1. The van der Waals surface area contributed by atoms with Gasteiger partial charge in [-0.05, 0) is 56.2 Å². The number of ether oxygens (including phenoxy) is 1. The molecule has 1 amide bonds. The van der Waals surface area contributed by atoms with Gasteiger partial charge in [0.15, 0.2) is 0 Å². The Balaban J connectivity index is 1.82. The highest BCUT2D eigenvalue weighted by Gasteiger charge is 2.39. The molecule has 1 N–H and O–H groups in total. The highest BCUT2D eigenvalue weighted by Crippen LogP contribution is 2.29. The van der Waals surface area contributed by atoms with Crippen LogP contribution < -0.4 is 10.1 Å². The number of nitrogens with one attached hydrogen (secondary N) is 1. The molecular weight excluding hydrogens is 432 g/mol. The predicted molar refractivity (Wildman–Crippen MR) is 107 cm³/mol. The van der Waals surface area contributed by atoms with Gasteiger partial charge >= 0.3 is 0 Å². The standard InChI is InChI=1S/C19H21BrN2O4S/c1-2-26-18-8-4-3-6-16(18)21-19(23)17-7-5-13-22(17)27(24,25)15-11-9-14(20)10-12-15/h3-4,6,8-12,17H,2,5,7,13H2,1H3,(H,21,23)/t17-/m1/s1. The minimum Gasteiger partial charge on any atom is -0.492 e. The molecule has 0 aliphatic carbocycles. The third-order valence-corrected chi connectivity index (χ3v) is 6.82. The van der Waals surface area contributed by atoms with Gasteiger partial charge in [0.05, 0.1) is 17.2 Å². The summed E-state index contributed by atoms with van der Waals surface area (Å²) < 4.78 is 33.6. The van der Waals surface area contributed by atoms with Crippen molar-refractivity contribution >= 4 is 37.5 Å². The SMILES string of the molecule is CCOc1ccccc1NC(=O)[C@H]1CCCN1S(=O)(=O)c1ccc(Br)cc1. The van der Waals surface area contributed by atoms with Crippen molar-refractivity contribution in [3.05, 3.63) is 53.0 Å². The van der Waals surface area contributed by atoms with Crippen LogP contribution in [0.15, 0.2) is 57.9 Å². The van der Waals surface area contributed by atoms with E-state index in [1.807, 2.05) is 13.0 Å². The van der Waals surface area contributed by atoms with Crippen LogP contribution in [0.3, 0.4) is 0 Å². The van der Waals surface area contributed by atoms with Crippen molar-refractivity contribution in [2.75, 3.05) is 18.5 Å². The van der Waals surface area contributed by atoms with Gasteiger partial charge in [-0.25, -0.2) is 8.42 Å². The van der Waals surface area contributed by atoms with E-state index in [-0.39, 0.29) is 10.8 Å². The molecule has 0 aromatic heterocycles. The molecule has 144 valence electrons. The zero-order valence-corrected chi connectivity index (χ0v) is 17.3. The number of benzene rings is 2. The average molecular weight is 453 g/mol. The van der Waals surface area contributed by atoms with Gasteiger partial charge in [0, 0.05) is 11.0 Å². The van der Waals surface area contributed by atoms with Crippen molar-refractivity contribution in [2.45, 2.75) is 30.7 Å². The molecule has 1 atom stereocenters.